The molecule has 4 aromatic carbocycles. The van der Waals surface area contributed by atoms with E-state index in [0.29, 0.717) is 35.6 Å². The molecule has 0 aliphatic heterocycles. The second-order valence-corrected chi connectivity index (χ2v) is 9.33. The van der Waals surface area contributed by atoms with Gasteiger partial charge in [0.15, 0.2) is 0 Å². The molecule has 226 valence electrons. The molecule has 0 unspecified atom stereocenters. The first-order valence-corrected chi connectivity index (χ1v) is 12.4. The van der Waals surface area contributed by atoms with Gasteiger partial charge in [-0.1, -0.05) is 12.1 Å². The first kappa shape index (κ1) is 31.3. The Hall–Kier alpha value is -5.66. The van der Waals surface area contributed by atoms with Gasteiger partial charge >= 0.3 is 12.4 Å². The van der Waals surface area contributed by atoms with Crippen molar-refractivity contribution in [2.24, 2.45) is 0 Å². The fourth-order valence-electron chi connectivity index (χ4n) is 4.07. The number of carbonyl (C=O) groups is 4. The summed E-state index contributed by atoms with van der Waals surface area (Å²) < 4.78 is 84.6. The number of nitrogens with one attached hydrogen (secondary N) is 2. The quantitative estimate of drug-likeness (QED) is 0.129. The summed E-state index contributed by atoms with van der Waals surface area (Å²) >= 11 is 0. The Morgan fingerprint density at radius 3 is 1.02 bits per heavy atom. The van der Waals surface area contributed by atoms with Crippen LogP contribution in [0.5, 0.6) is 0 Å². The molecule has 0 aliphatic rings. The Labute approximate surface area is 244 Å². The van der Waals surface area contributed by atoms with Gasteiger partial charge < -0.3 is 11.5 Å². The Morgan fingerprint density at radius 1 is 0.455 bits per heavy atom. The summed E-state index contributed by atoms with van der Waals surface area (Å²) in [7, 11) is 0. The van der Waals surface area contributed by atoms with Gasteiger partial charge in [-0.15, -0.1) is 0 Å². The molecule has 44 heavy (non-hydrogen) atoms. The number of carbonyl (C=O) groups excluding carboxylic acids is 4. The van der Waals surface area contributed by atoms with Crippen molar-refractivity contribution in [3.63, 3.8) is 0 Å². The van der Waals surface area contributed by atoms with Crippen LogP contribution in [0.25, 0.3) is 11.1 Å². The molecule has 14 heteroatoms. The predicted octanol–water partition coefficient (Wildman–Crippen LogP) is 5.70. The summed E-state index contributed by atoms with van der Waals surface area (Å²) in [6.07, 6.45) is -10.5. The first-order valence-electron chi connectivity index (χ1n) is 12.4. The lowest BCUT2D eigenvalue weighted by Gasteiger charge is -2.19. The van der Waals surface area contributed by atoms with E-state index in [-0.39, 0.29) is 11.1 Å². The lowest BCUT2D eigenvalue weighted by Crippen LogP contribution is -2.31. The summed E-state index contributed by atoms with van der Waals surface area (Å²) in [5, 5.41) is 3.82. The monoisotopic (exact) mass is 614 g/mol. The van der Waals surface area contributed by atoms with Crippen molar-refractivity contribution in [2.75, 3.05) is 11.5 Å². The second-order valence-electron chi connectivity index (χ2n) is 9.33. The molecule has 4 aromatic rings. The number of halogens is 6. The number of anilines is 2. The summed E-state index contributed by atoms with van der Waals surface area (Å²) in [6.45, 7) is 0. The van der Waals surface area contributed by atoms with Crippen LogP contribution in [0.4, 0.5) is 37.7 Å². The smallest absolute Gasteiger partial charge is 0.399 e. The molecule has 0 spiro atoms. The first-order chi connectivity index (χ1) is 20.5. The second kappa shape index (κ2) is 11.9. The third kappa shape index (κ3) is 7.03. The fraction of sp³-hybridized carbons (Fsp3) is 0.0667. The number of nitrogens with two attached hydrogens (primary N) is 2. The zero-order valence-corrected chi connectivity index (χ0v) is 22.1. The maximum Gasteiger partial charge on any atom is 0.417 e. The van der Waals surface area contributed by atoms with E-state index < -0.39 is 69.4 Å². The van der Waals surface area contributed by atoms with Crippen LogP contribution >= 0.6 is 0 Å². The van der Waals surface area contributed by atoms with Gasteiger partial charge in [0.1, 0.15) is 0 Å². The molecule has 0 bridgehead atoms. The highest BCUT2D eigenvalue weighted by atomic mass is 19.4. The van der Waals surface area contributed by atoms with Gasteiger partial charge in [-0.25, -0.2) is 0 Å². The van der Waals surface area contributed by atoms with Crippen molar-refractivity contribution >= 4 is 35.0 Å². The van der Waals surface area contributed by atoms with Crippen molar-refractivity contribution in [1.29, 1.82) is 0 Å². The zero-order chi connectivity index (χ0) is 32.4. The highest BCUT2D eigenvalue weighted by Gasteiger charge is 2.39. The molecule has 0 saturated heterocycles. The topological polar surface area (TPSA) is 144 Å². The van der Waals surface area contributed by atoms with Gasteiger partial charge in [-0.05, 0) is 83.9 Å². The lowest BCUT2D eigenvalue weighted by molar-refractivity contribution is -0.139. The van der Waals surface area contributed by atoms with Crippen molar-refractivity contribution < 1.29 is 45.5 Å². The fourth-order valence-corrected chi connectivity index (χ4v) is 4.07. The molecule has 0 aromatic heterocycles. The molecular formula is C30H20F6N4O4. The highest BCUT2D eigenvalue weighted by Crippen LogP contribution is 2.43. The maximum absolute atomic E-state index is 14.1. The van der Waals surface area contributed by atoms with E-state index in [1.54, 1.807) is 0 Å². The van der Waals surface area contributed by atoms with E-state index in [4.69, 9.17) is 11.5 Å². The summed E-state index contributed by atoms with van der Waals surface area (Å²) in [5.41, 5.74) is 5.24. The Bertz CT molecular complexity index is 1640. The molecule has 0 atom stereocenters. The average molecular weight is 615 g/mol. The number of alkyl halides is 6. The molecular weight excluding hydrogens is 594 g/mol. The zero-order valence-electron chi connectivity index (χ0n) is 22.1. The van der Waals surface area contributed by atoms with E-state index in [0.717, 1.165) is 12.1 Å². The van der Waals surface area contributed by atoms with Crippen LogP contribution < -0.4 is 22.1 Å². The molecule has 0 heterocycles. The van der Waals surface area contributed by atoms with Crippen molar-refractivity contribution in [1.82, 2.24) is 10.6 Å². The summed E-state index contributed by atoms with van der Waals surface area (Å²) in [5.74, 6) is -4.37. The number of nitrogen functional groups attached to an aromatic ring is 2. The largest absolute Gasteiger partial charge is 0.417 e. The van der Waals surface area contributed by atoms with Gasteiger partial charge in [-0.2, -0.15) is 26.3 Å². The maximum atomic E-state index is 14.1. The van der Waals surface area contributed by atoms with Gasteiger partial charge in [-0.3, -0.25) is 29.8 Å². The van der Waals surface area contributed by atoms with E-state index in [2.05, 4.69) is 0 Å². The average Bonchev–Trinajstić information content (AvgIpc) is 2.96. The number of imide groups is 2. The normalized spacial score (nSPS) is 11.5. The number of amides is 4. The van der Waals surface area contributed by atoms with Crippen molar-refractivity contribution in [3.8, 4) is 11.1 Å². The standard InChI is InChI=1S/C30H20F6N4O4/c31-29(32,33)23-13-17(27(43)39-25(41)15-1-7-19(37)8-2-15)5-11-21(23)22-12-6-18(14-24(22)30(34,35)36)28(44)40-26(42)16-3-9-20(38)10-4-16/h1-14H,37-38H2,(H,39,41,43)(H,40,42,44). The van der Waals surface area contributed by atoms with Gasteiger partial charge in [0.2, 0.25) is 0 Å². The van der Waals surface area contributed by atoms with E-state index >= 15 is 0 Å². The third-order valence-electron chi connectivity index (χ3n) is 6.26. The van der Waals surface area contributed by atoms with Crippen LogP contribution in [0, 0.1) is 0 Å². The SMILES string of the molecule is Nc1ccc(C(=O)NC(=O)c2ccc(-c3ccc(C(=O)NC(=O)c4ccc(N)cc4)cc3C(F)(F)F)c(C(F)(F)F)c2)cc1. The van der Waals surface area contributed by atoms with E-state index in [1.807, 2.05) is 10.6 Å². The third-order valence-corrected chi connectivity index (χ3v) is 6.26. The Balaban J connectivity index is 1.68. The van der Waals surface area contributed by atoms with Crippen LogP contribution in [0.15, 0.2) is 84.9 Å². The van der Waals surface area contributed by atoms with Gasteiger partial charge in [0, 0.05) is 33.6 Å². The number of benzene rings is 4. The molecule has 4 amide bonds. The minimum atomic E-state index is -5.24. The molecule has 6 N–H and O–H groups in total. The lowest BCUT2D eigenvalue weighted by atomic mass is 9.91. The molecule has 0 radical (unpaired) electrons. The molecule has 8 nitrogen and oxygen atoms in total. The molecule has 0 aliphatic carbocycles. The molecule has 0 saturated carbocycles. The van der Waals surface area contributed by atoms with Crippen molar-refractivity contribution in [3.05, 3.63) is 118 Å². The molecule has 4 rings (SSSR count). The predicted molar refractivity (Wildman–Crippen MR) is 147 cm³/mol. The van der Waals surface area contributed by atoms with Crippen LogP contribution in [0.1, 0.15) is 52.6 Å². The summed E-state index contributed by atoms with van der Waals surface area (Å²) in [6, 6.07) is 14.1. The van der Waals surface area contributed by atoms with Crippen LogP contribution in [-0.4, -0.2) is 23.6 Å². The number of rotatable bonds is 5. The Morgan fingerprint density at radius 2 is 0.727 bits per heavy atom. The van der Waals surface area contributed by atoms with E-state index in [1.165, 1.54) is 48.5 Å². The summed E-state index contributed by atoms with van der Waals surface area (Å²) in [4.78, 5) is 49.9. The van der Waals surface area contributed by atoms with Crippen LogP contribution in [0.2, 0.25) is 0 Å². The highest BCUT2D eigenvalue weighted by molar-refractivity contribution is 6.11. The molecule has 0 fully saturated rings. The minimum absolute atomic E-state index is 0.0191. The van der Waals surface area contributed by atoms with Crippen LogP contribution in [0.3, 0.4) is 0 Å². The van der Waals surface area contributed by atoms with Crippen molar-refractivity contribution in [2.45, 2.75) is 12.4 Å². The number of hydrogen-bond donors (Lipinski definition) is 4. The van der Waals surface area contributed by atoms with Crippen LogP contribution in [-0.2, 0) is 12.4 Å². The minimum Gasteiger partial charge on any atom is -0.399 e. The van der Waals surface area contributed by atoms with Gasteiger partial charge in [0.05, 0.1) is 11.1 Å². The van der Waals surface area contributed by atoms with E-state index in [9.17, 15) is 45.5 Å². The number of hydrogen-bond acceptors (Lipinski definition) is 6. The van der Waals surface area contributed by atoms with Gasteiger partial charge in [0.25, 0.3) is 23.6 Å². The Kier molecular flexibility index (Phi) is 8.47.